The van der Waals surface area contributed by atoms with Crippen LogP contribution in [0.15, 0.2) is 30.3 Å². The van der Waals surface area contributed by atoms with Crippen molar-refractivity contribution in [1.29, 1.82) is 0 Å². The first kappa shape index (κ1) is 12.3. The molecule has 0 aromatic heterocycles. The Morgan fingerprint density at radius 3 is 2.47 bits per heavy atom. The lowest BCUT2D eigenvalue weighted by molar-refractivity contribution is -0.693. The van der Waals surface area contributed by atoms with Crippen molar-refractivity contribution in [2.24, 2.45) is 0 Å². The number of rotatable bonds is 7. The van der Waals surface area contributed by atoms with E-state index in [1.54, 1.807) is 0 Å². The largest absolute Gasteiger partial charge is 0.340 e. The van der Waals surface area contributed by atoms with Crippen LogP contribution in [0.5, 0.6) is 0 Å². The number of hydrogen-bond acceptors (Lipinski definition) is 0. The van der Waals surface area contributed by atoms with Gasteiger partial charge in [-0.3, -0.25) is 0 Å². The van der Waals surface area contributed by atoms with Gasteiger partial charge in [-0.25, -0.2) is 0 Å². The van der Waals surface area contributed by atoms with Gasteiger partial charge in [0.2, 0.25) is 0 Å². The highest BCUT2D eigenvalue weighted by Gasteiger charge is 2.05. The number of quaternary nitrogens is 1. The van der Waals surface area contributed by atoms with Crippen LogP contribution in [0, 0.1) is 0 Å². The predicted molar refractivity (Wildman–Crippen MR) is 65.8 cm³/mol. The summed E-state index contributed by atoms with van der Waals surface area (Å²) < 4.78 is 0. The molecule has 84 valence electrons. The average Bonchev–Trinajstić information content (AvgIpc) is 2.30. The molecular weight excluding hydrogens is 182 g/mol. The maximum atomic E-state index is 2.45. The predicted octanol–water partition coefficient (Wildman–Crippen LogP) is 2.89. The molecule has 2 N–H and O–H groups in total. The number of nitrogens with two attached hydrogens (primary N) is 1. The van der Waals surface area contributed by atoms with Gasteiger partial charge in [-0.05, 0) is 19.8 Å². The number of unbranched alkanes of at least 4 members (excludes halogenated alkanes) is 3. The third kappa shape index (κ3) is 4.98. The van der Waals surface area contributed by atoms with Crippen molar-refractivity contribution in [3.63, 3.8) is 0 Å². The smallest absolute Gasteiger partial charge is 0.109 e. The van der Waals surface area contributed by atoms with Gasteiger partial charge >= 0.3 is 0 Å². The summed E-state index contributed by atoms with van der Waals surface area (Å²) in [4.78, 5) is 0. The van der Waals surface area contributed by atoms with Crippen LogP contribution >= 0.6 is 0 Å². The Bertz CT molecular complexity index is 243. The molecular formula is C14H24N+. The van der Waals surface area contributed by atoms with E-state index in [1.807, 2.05) is 0 Å². The first-order chi connectivity index (χ1) is 7.34. The van der Waals surface area contributed by atoms with Crippen molar-refractivity contribution < 1.29 is 5.32 Å². The average molecular weight is 206 g/mol. The Morgan fingerprint density at radius 2 is 1.80 bits per heavy atom. The fourth-order valence-electron chi connectivity index (χ4n) is 1.83. The van der Waals surface area contributed by atoms with E-state index in [4.69, 9.17) is 0 Å². The van der Waals surface area contributed by atoms with Gasteiger partial charge in [-0.1, -0.05) is 50.1 Å². The molecule has 0 unspecified atom stereocenters. The summed E-state index contributed by atoms with van der Waals surface area (Å²) in [7, 11) is 0. The molecule has 0 heterocycles. The lowest BCUT2D eigenvalue weighted by atomic mass is 10.1. The quantitative estimate of drug-likeness (QED) is 0.661. The minimum atomic E-state index is 0.604. The number of hydrogen-bond donors (Lipinski definition) is 1. The van der Waals surface area contributed by atoms with Crippen molar-refractivity contribution >= 4 is 0 Å². The van der Waals surface area contributed by atoms with Crippen molar-refractivity contribution in [3.8, 4) is 0 Å². The summed E-state index contributed by atoms with van der Waals surface area (Å²) in [5.41, 5.74) is 1.44. The summed E-state index contributed by atoms with van der Waals surface area (Å²) in [5.74, 6) is 0. The standard InChI is InChI=1S/C14H23N/c1-3-4-5-9-12-15-13(2)14-10-7-6-8-11-14/h6-8,10-11,13,15H,3-5,9,12H2,1-2H3/p+1/t13-/m0/s1. The Labute approximate surface area is 93.9 Å². The molecule has 15 heavy (non-hydrogen) atoms. The zero-order valence-corrected chi connectivity index (χ0v) is 10.1. The van der Waals surface area contributed by atoms with E-state index in [1.165, 1.54) is 37.8 Å². The summed E-state index contributed by atoms with van der Waals surface area (Å²) in [6.07, 6.45) is 5.45. The molecule has 0 saturated carbocycles. The van der Waals surface area contributed by atoms with Crippen LogP contribution in [0.3, 0.4) is 0 Å². The molecule has 0 aliphatic heterocycles. The van der Waals surface area contributed by atoms with E-state index < -0.39 is 0 Å². The Morgan fingerprint density at radius 1 is 1.07 bits per heavy atom. The third-order valence-electron chi connectivity index (χ3n) is 2.90. The summed E-state index contributed by atoms with van der Waals surface area (Å²) in [6, 6.07) is 11.4. The van der Waals surface area contributed by atoms with E-state index in [2.05, 4.69) is 49.5 Å². The van der Waals surface area contributed by atoms with Crippen molar-refractivity contribution in [3.05, 3.63) is 35.9 Å². The van der Waals surface area contributed by atoms with Gasteiger partial charge in [0.1, 0.15) is 6.04 Å². The Kier molecular flexibility index (Phi) is 6.10. The SMILES string of the molecule is CCCCCC[NH2+][C@@H](C)c1ccccc1. The van der Waals surface area contributed by atoms with Crippen LogP contribution in [0.2, 0.25) is 0 Å². The fourth-order valence-corrected chi connectivity index (χ4v) is 1.83. The highest BCUT2D eigenvalue weighted by atomic mass is 14.9. The van der Waals surface area contributed by atoms with Crippen molar-refractivity contribution in [2.75, 3.05) is 6.54 Å². The molecule has 0 fully saturated rings. The van der Waals surface area contributed by atoms with E-state index in [0.717, 1.165) is 0 Å². The van der Waals surface area contributed by atoms with Crippen LogP contribution in [-0.4, -0.2) is 6.54 Å². The zero-order valence-electron chi connectivity index (χ0n) is 10.1. The molecule has 0 radical (unpaired) electrons. The van der Waals surface area contributed by atoms with Gasteiger partial charge in [0.15, 0.2) is 0 Å². The van der Waals surface area contributed by atoms with Gasteiger partial charge in [-0.2, -0.15) is 0 Å². The molecule has 0 amide bonds. The van der Waals surface area contributed by atoms with Gasteiger partial charge < -0.3 is 5.32 Å². The molecule has 0 aliphatic rings. The van der Waals surface area contributed by atoms with Gasteiger partial charge in [0.25, 0.3) is 0 Å². The normalized spacial score (nSPS) is 12.7. The van der Waals surface area contributed by atoms with E-state index in [0.29, 0.717) is 6.04 Å². The lowest BCUT2D eigenvalue weighted by Crippen LogP contribution is -2.84. The minimum Gasteiger partial charge on any atom is -0.340 e. The van der Waals surface area contributed by atoms with Crippen LogP contribution in [-0.2, 0) is 0 Å². The molecule has 1 aromatic carbocycles. The molecule has 0 spiro atoms. The van der Waals surface area contributed by atoms with Crippen molar-refractivity contribution in [2.45, 2.75) is 45.6 Å². The van der Waals surface area contributed by atoms with E-state index in [9.17, 15) is 0 Å². The zero-order chi connectivity index (χ0) is 10.9. The van der Waals surface area contributed by atoms with Gasteiger partial charge in [-0.15, -0.1) is 0 Å². The van der Waals surface area contributed by atoms with Gasteiger partial charge in [0.05, 0.1) is 6.54 Å². The molecule has 1 rings (SSSR count). The second-order valence-electron chi connectivity index (χ2n) is 4.28. The molecule has 0 bridgehead atoms. The summed E-state index contributed by atoms with van der Waals surface area (Å²) >= 11 is 0. The molecule has 1 atom stereocenters. The summed E-state index contributed by atoms with van der Waals surface area (Å²) in [6.45, 7) is 5.81. The van der Waals surface area contributed by atoms with Crippen LogP contribution in [0.1, 0.15) is 51.1 Å². The molecule has 1 heteroatoms. The van der Waals surface area contributed by atoms with Crippen LogP contribution < -0.4 is 5.32 Å². The monoisotopic (exact) mass is 206 g/mol. The second-order valence-corrected chi connectivity index (χ2v) is 4.28. The molecule has 0 saturated heterocycles. The minimum absolute atomic E-state index is 0.604. The first-order valence-electron chi connectivity index (χ1n) is 6.23. The lowest BCUT2D eigenvalue weighted by Gasteiger charge is -2.10. The van der Waals surface area contributed by atoms with Crippen LogP contribution in [0.25, 0.3) is 0 Å². The highest BCUT2D eigenvalue weighted by Crippen LogP contribution is 2.06. The van der Waals surface area contributed by atoms with Crippen LogP contribution in [0.4, 0.5) is 0 Å². The third-order valence-corrected chi connectivity index (χ3v) is 2.90. The first-order valence-corrected chi connectivity index (χ1v) is 6.23. The number of benzene rings is 1. The van der Waals surface area contributed by atoms with E-state index >= 15 is 0 Å². The topological polar surface area (TPSA) is 16.6 Å². The molecule has 1 aromatic rings. The second kappa shape index (κ2) is 7.47. The maximum Gasteiger partial charge on any atom is 0.109 e. The Hall–Kier alpha value is -0.820. The molecule has 0 aliphatic carbocycles. The molecule has 1 nitrogen and oxygen atoms in total. The fraction of sp³-hybridized carbons (Fsp3) is 0.571. The maximum absolute atomic E-state index is 2.45. The van der Waals surface area contributed by atoms with Crippen molar-refractivity contribution in [1.82, 2.24) is 0 Å². The van der Waals surface area contributed by atoms with E-state index in [-0.39, 0.29) is 0 Å². The van der Waals surface area contributed by atoms with Gasteiger partial charge in [0, 0.05) is 5.56 Å². The summed E-state index contributed by atoms with van der Waals surface area (Å²) in [5, 5.41) is 2.45. The highest BCUT2D eigenvalue weighted by molar-refractivity contribution is 5.16. The Balaban J connectivity index is 2.16.